The smallest absolute Gasteiger partial charge is 0.244 e. The lowest BCUT2D eigenvalue weighted by Crippen LogP contribution is -2.23. The maximum Gasteiger partial charge on any atom is 0.244 e. The number of benzene rings is 1. The summed E-state index contributed by atoms with van der Waals surface area (Å²) in [6, 6.07) is 6.35. The van der Waals surface area contributed by atoms with Gasteiger partial charge >= 0.3 is 0 Å². The lowest BCUT2D eigenvalue weighted by Gasteiger charge is -2.02. The molecule has 0 spiro atoms. The minimum absolute atomic E-state index is 0.0927. The van der Waals surface area contributed by atoms with Crippen molar-refractivity contribution in [3.05, 3.63) is 59.6 Å². The van der Waals surface area contributed by atoms with E-state index in [1.54, 1.807) is 17.0 Å². The number of H-pyrrole nitrogens is 1. The molecule has 0 unspecified atom stereocenters. The quantitative estimate of drug-likeness (QED) is 0.712. The molecule has 0 bridgehead atoms. The van der Waals surface area contributed by atoms with Gasteiger partial charge in [0.15, 0.2) is 0 Å². The molecule has 0 saturated carbocycles. The number of amides is 1. The van der Waals surface area contributed by atoms with Gasteiger partial charge in [0, 0.05) is 48.5 Å². The topological polar surface area (TPSA) is 62.7 Å². The summed E-state index contributed by atoms with van der Waals surface area (Å²) in [6.45, 7) is 2.69. The maximum atomic E-state index is 11.8. The zero-order valence-electron chi connectivity index (χ0n) is 13.3. The number of aryl methyl sites for hydroxylation is 2. The molecule has 5 heteroatoms. The van der Waals surface area contributed by atoms with Crippen molar-refractivity contribution in [3.63, 3.8) is 0 Å². The fraction of sp³-hybridized carbons (Fsp3) is 0.222. The fourth-order valence-electron chi connectivity index (χ4n) is 2.58. The Morgan fingerprint density at radius 2 is 2.30 bits per heavy atom. The predicted octanol–water partition coefficient (Wildman–Crippen LogP) is 2.58. The van der Waals surface area contributed by atoms with Crippen molar-refractivity contribution in [1.29, 1.82) is 0 Å². The lowest BCUT2D eigenvalue weighted by atomic mass is 10.1. The van der Waals surface area contributed by atoms with Crippen molar-refractivity contribution in [2.45, 2.75) is 13.3 Å². The summed E-state index contributed by atoms with van der Waals surface area (Å²) in [5, 5.41) is 8.19. The highest BCUT2D eigenvalue weighted by Gasteiger charge is 2.04. The van der Waals surface area contributed by atoms with E-state index in [9.17, 15) is 4.79 Å². The van der Waals surface area contributed by atoms with E-state index in [2.05, 4.69) is 40.5 Å². The third-order valence-electron chi connectivity index (χ3n) is 3.77. The van der Waals surface area contributed by atoms with E-state index in [0.29, 0.717) is 6.54 Å². The molecule has 0 aliphatic carbocycles. The normalized spacial score (nSPS) is 11.4. The van der Waals surface area contributed by atoms with Gasteiger partial charge in [0.25, 0.3) is 0 Å². The molecular weight excluding hydrogens is 288 g/mol. The highest BCUT2D eigenvalue weighted by molar-refractivity contribution is 5.91. The minimum Gasteiger partial charge on any atom is -0.361 e. The molecule has 1 amide bonds. The Balaban J connectivity index is 1.55. The highest BCUT2D eigenvalue weighted by Crippen LogP contribution is 2.19. The SMILES string of the molecule is Cc1ccc2[nH]cc(CCNC(=O)/C=C/c3cnn(C)c3)c2c1. The van der Waals surface area contributed by atoms with Crippen molar-refractivity contribution >= 4 is 22.9 Å². The highest BCUT2D eigenvalue weighted by atomic mass is 16.1. The van der Waals surface area contributed by atoms with Gasteiger partial charge in [-0.05, 0) is 37.1 Å². The standard InChI is InChI=1S/C18H20N4O/c1-13-3-5-17-16(9-13)15(11-20-17)7-8-19-18(23)6-4-14-10-21-22(2)12-14/h3-6,9-12,20H,7-8H2,1-2H3,(H,19,23)/b6-4+. The monoisotopic (exact) mass is 308 g/mol. The molecular formula is C18H20N4O. The van der Waals surface area contributed by atoms with Crippen LogP contribution in [0.1, 0.15) is 16.7 Å². The summed E-state index contributed by atoms with van der Waals surface area (Å²) in [4.78, 5) is 15.1. The summed E-state index contributed by atoms with van der Waals surface area (Å²) in [5.74, 6) is -0.0927. The lowest BCUT2D eigenvalue weighted by molar-refractivity contribution is -0.116. The molecule has 2 aromatic heterocycles. The van der Waals surface area contributed by atoms with Crippen LogP contribution in [0.2, 0.25) is 0 Å². The van der Waals surface area contributed by atoms with Crippen LogP contribution in [0.15, 0.2) is 42.9 Å². The Bertz CT molecular complexity index is 857. The van der Waals surface area contributed by atoms with E-state index in [0.717, 1.165) is 17.5 Å². The number of carbonyl (C=O) groups is 1. The number of aromatic amines is 1. The number of nitrogens with zero attached hydrogens (tertiary/aromatic N) is 2. The average Bonchev–Trinajstić information content (AvgIpc) is 3.12. The molecule has 0 radical (unpaired) electrons. The molecule has 0 fully saturated rings. The van der Waals surface area contributed by atoms with Gasteiger partial charge in [-0.15, -0.1) is 0 Å². The van der Waals surface area contributed by atoms with E-state index in [1.807, 2.05) is 19.4 Å². The van der Waals surface area contributed by atoms with Crippen LogP contribution < -0.4 is 5.32 Å². The number of aromatic nitrogens is 3. The van der Waals surface area contributed by atoms with Gasteiger partial charge in [0.05, 0.1) is 6.20 Å². The van der Waals surface area contributed by atoms with Crippen molar-refractivity contribution in [3.8, 4) is 0 Å². The Labute approximate surface area is 135 Å². The number of fused-ring (bicyclic) bond motifs is 1. The second kappa shape index (κ2) is 6.52. The molecule has 1 aromatic carbocycles. The molecule has 23 heavy (non-hydrogen) atoms. The van der Waals surface area contributed by atoms with Crippen LogP contribution >= 0.6 is 0 Å². The van der Waals surface area contributed by atoms with Gasteiger partial charge in [-0.1, -0.05) is 11.6 Å². The van der Waals surface area contributed by atoms with Gasteiger partial charge in [-0.2, -0.15) is 5.10 Å². The predicted molar refractivity (Wildman–Crippen MR) is 92.0 cm³/mol. The zero-order chi connectivity index (χ0) is 16.2. The van der Waals surface area contributed by atoms with Crippen LogP contribution in [-0.4, -0.2) is 27.2 Å². The molecule has 2 N–H and O–H groups in total. The van der Waals surface area contributed by atoms with Gasteiger partial charge < -0.3 is 10.3 Å². The first kappa shape index (κ1) is 15.1. The van der Waals surface area contributed by atoms with Crippen molar-refractivity contribution in [2.24, 2.45) is 7.05 Å². The van der Waals surface area contributed by atoms with Gasteiger partial charge in [0.1, 0.15) is 0 Å². The molecule has 0 saturated heterocycles. The van der Waals surface area contributed by atoms with Crippen LogP contribution in [0.4, 0.5) is 0 Å². The largest absolute Gasteiger partial charge is 0.361 e. The number of nitrogens with one attached hydrogen (secondary N) is 2. The van der Waals surface area contributed by atoms with Crippen LogP contribution in [0.5, 0.6) is 0 Å². The number of rotatable bonds is 5. The fourth-order valence-corrected chi connectivity index (χ4v) is 2.58. The summed E-state index contributed by atoms with van der Waals surface area (Å²) in [7, 11) is 1.85. The summed E-state index contributed by atoms with van der Waals surface area (Å²) < 4.78 is 1.70. The van der Waals surface area contributed by atoms with Gasteiger partial charge in [-0.3, -0.25) is 9.48 Å². The second-order valence-electron chi connectivity index (χ2n) is 5.68. The Kier molecular flexibility index (Phi) is 4.28. The third-order valence-corrected chi connectivity index (χ3v) is 3.77. The molecule has 3 rings (SSSR count). The van der Waals surface area contributed by atoms with Crippen LogP contribution in [0.25, 0.3) is 17.0 Å². The summed E-state index contributed by atoms with van der Waals surface area (Å²) in [5.41, 5.74) is 4.50. The second-order valence-corrected chi connectivity index (χ2v) is 5.68. The number of carbonyl (C=O) groups excluding carboxylic acids is 1. The van der Waals surface area contributed by atoms with E-state index in [-0.39, 0.29) is 5.91 Å². The van der Waals surface area contributed by atoms with E-state index in [1.165, 1.54) is 22.6 Å². The van der Waals surface area contributed by atoms with E-state index >= 15 is 0 Å². The van der Waals surface area contributed by atoms with Crippen molar-refractivity contribution in [1.82, 2.24) is 20.1 Å². The van der Waals surface area contributed by atoms with Gasteiger partial charge in [-0.25, -0.2) is 0 Å². The molecule has 0 aliphatic heterocycles. The minimum atomic E-state index is -0.0927. The maximum absolute atomic E-state index is 11.8. The van der Waals surface area contributed by atoms with Crippen molar-refractivity contribution in [2.75, 3.05) is 6.54 Å². The van der Waals surface area contributed by atoms with Gasteiger partial charge in [0.2, 0.25) is 5.91 Å². The molecule has 0 aliphatic rings. The zero-order valence-corrected chi connectivity index (χ0v) is 13.3. The van der Waals surface area contributed by atoms with Crippen LogP contribution in [0, 0.1) is 6.92 Å². The van der Waals surface area contributed by atoms with Crippen LogP contribution in [0.3, 0.4) is 0 Å². The Morgan fingerprint density at radius 3 is 3.09 bits per heavy atom. The average molecular weight is 308 g/mol. The summed E-state index contributed by atoms with van der Waals surface area (Å²) >= 11 is 0. The number of hydrogen-bond acceptors (Lipinski definition) is 2. The molecule has 118 valence electrons. The summed E-state index contributed by atoms with van der Waals surface area (Å²) in [6.07, 6.45) is 9.70. The first-order chi connectivity index (χ1) is 11.1. The first-order valence-electron chi connectivity index (χ1n) is 7.63. The van der Waals surface area contributed by atoms with Crippen molar-refractivity contribution < 1.29 is 4.79 Å². The van der Waals surface area contributed by atoms with Crippen LogP contribution in [-0.2, 0) is 18.3 Å². The Morgan fingerprint density at radius 1 is 1.43 bits per heavy atom. The Hall–Kier alpha value is -2.82. The van der Waals surface area contributed by atoms with E-state index in [4.69, 9.17) is 0 Å². The molecule has 3 aromatic rings. The molecule has 2 heterocycles. The van der Waals surface area contributed by atoms with E-state index < -0.39 is 0 Å². The molecule has 0 atom stereocenters. The number of hydrogen-bond donors (Lipinski definition) is 2. The third kappa shape index (κ3) is 3.69. The first-order valence-corrected chi connectivity index (χ1v) is 7.63. The molecule has 5 nitrogen and oxygen atoms in total.